The number of aryl methyl sites for hydroxylation is 1. The third kappa shape index (κ3) is 4.36. The predicted octanol–water partition coefficient (Wildman–Crippen LogP) is 2.60. The van der Waals surface area contributed by atoms with E-state index in [-0.39, 0.29) is 12.5 Å². The van der Waals surface area contributed by atoms with Crippen LogP contribution in [0, 0.1) is 18.3 Å². The summed E-state index contributed by atoms with van der Waals surface area (Å²) in [7, 11) is 0. The van der Waals surface area contributed by atoms with Gasteiger partial charge in [-0.05, 0) is 24.6 Å². The molecule has 0 bridgehead atoms. The van der Waals surface area contributed by atoms with Gasteiger partial charge in [-0.15, -0.1) is 0 Å². The van der Waals surface area contributed by atoms with Gasteiger partial charge in [0.2, 0.25) is 5.91 Å². The molecule has 2 aromatic carbocycles. The number of benzene rings is 2. The van der Waals surface area contributed by atoms with E-state index in [1.54, 1.807) is 18.2 Å². The Labute approximate surface area is 124 Å². The highest BCUT2D eigenvalue weighted by molar-refractivity contribution is 5.81. The first-order valence-corrected chi connectivity index (χ1v) is 6.74. The summed E-state index contributed by atoms with van der Waals surface area (Å²) in [6.07, 6.45) is 0. The molecule has 2 N–H and O–H groups in total. The maximum atomic E-state index is 11.8. The summed E-state index contributed by atoms with van der Waals surface area (Å²) in [5.74, 6) is -0.107. The van der Waals surface area contributed by atoms with E-state index in [4.69, 9.17) is 5.26 Å². The third-order valence-electron chi connectivity index (χ3n) is 3.06. The van der Waals surface area contributed by atoms with Crippen LogP contribution in [0.25, 0.3) is 0 Å². The molecule has 0 fully saturated rings. The van der Waals surface area contributed by atoms with Gasteiger partial charge >= 0.3 is 0 Å². The number of rotatable bonds is 5. The highest BCUT2D eigenvalue weighted by Gasteiger charge is 2.04. The van der Waals surface area contributed by atoms with Crippen LogP contribution in [0.5, 0.6) is 0 Å². The maximum absolute atomic E-state index is 11.8. The van der Waals surface area contributed by atoms with Crippen molar-refractivity contribution >= 4 is 11.6 Å². The largest absolute Gasteiger partial charge is 0.375 e. The number of para-hydroxylation sites is 1. The second-order valence-electron chi connectivity index (χ2n) is 4.78. The van der Waals surface area contributed by atoms with Crippen molar-refractivity contribution in [2.24, 2.45) is 0 Å². The minimum Gasteiger partial charge on any atom is -0.375 e. The van der Waals surface area contributed by atoms with Crippen LogP contribution in [0.4, 0.5) is 5.69 Å². The molecule has 2 rings (SSSR count). The standard InChI is InChI=1S/C17H17N3O/c1-13-5-4-6-14(9-13)11-20-17(21)12-19-16-8-3-2-7-15(16)10-18/h2-9,19H,11-12H2,1H3,(H,20,21). The van der Waals surface area contributed by atoms with E-state index in [0.717, 1.165) is 5.56 Å². The van der Waals surface area contributed by atoms with Crippen LogP contribution in [0.15, 0.2) is 48.5 Å². The lowest BCUT2D eigenvalue weighted by atomic mass is 10.1. The Kier molecular flexibility index (Phi) is 4.94. The number of amides is 1. The first kappa shape index (κ1) is 14.6. The maximum Gasteiger partial charge on any atom is 0.239 e. The van der Waals surface area contributed by atoms with Crippen LogP contribution in [-0.2, 0) is 11.3 Å². The third-order valence-corrected chi connectivity index (χ3v) is 3.06. The van der Waals surface area contributed by atoms with Crippen molar-refractivity contribution in [1.29, 1.82) is 5.26 Å². The van der Waals surface area contributed by atoms with Gasteiger partial charge in [-0.2, -0.15) is 5.26 Å². The minimum absolute atomic E-state index is 0.107. The summed E-state index contributed by atoms with van der Waals surface area (Å²) >= 11 is 0. The average molecular weight is 279 g/mol. The molecule has 0 unspecified atom stereocenters. The van der Waals surface area contributed by atoms with Gasteiger partial charge in [-0.1, -0.05) is 42.0 Å². The molecule has 0 atom stereocenters. The van der Waals surface area contributed by atoms with Gasteiger partial charge in [-0.25, -0.2) is 0 Å². The number of nitriles is 1. The van der Waals surface area contributed by atoms with Crippen molar-refractivity contribution in [2.75, 3.05) is 11.9 Å². The Bertz CT molecular complexity index is 674. The van der Waals surface area contributed by atoms with Crippen LogP contribution >= 0.6 is 0 Å². The van der Waals surface area contributed by atoms with Crippen LogP contribution < -0.4 is 10.6 Å². The Morgan fingerprint density at radius 3 is 2.76 bits per heavy atom. The minimum atomic E-state index is -0.107. The summed E-state index contributed by atoms with van der Waals surface area (Å²) in [6, 6.07) is 17.2. The molecule has 0 saturated heterocycles. The molecule has 106 valence electrons. The second-order valence-corrected chi connectivity index (χ2v) is 4.78. The highest BCUT2D eigenvalue weighted by Crippen LogP contribution is 2.12. The molecule has 0 saturated carbocycles. The van der Waals surface area contributed by atoms with E-state index in [2.05, 4.69) is 16.7 Å². The number of nitrogens with one attached hydrogen (secondary N) is 2. The van der Waals surface area contributed by atoms with Gasteiger partial charge in [0.15, 0.2) is 0 Å². The molecule has 2 aromatic rings. The van der Waals surface area contributed by atoms with Crippen LogP contribution in [0.3, 0.4) is 0 Å². The molecule has 0 aromatic heterocycles. The fraction of sp³-hybridized carbons (Fsp3) is 0.176. The van der Waals surface area contributed by atoms with Gasteiger partial charge in [0, 0.05) is 6.54 Å². The predicted molar refractivity (Wildman–Crippen MR) is 82.7 cm³/mol. The van der Waals surface area contributed by atoms with Crippen molar-refractivity contribution in [3.8, 4) is 6.07 Å². The van der Waals surface area contributed by atoms with Crippen LogP contribution in [0.1, 0.15) is 16.7 Å². The van der Waals surface area contributed by atoms with Gasteiger partial charge in [0.25, 0.3) is 0 Å². The molecule has 0 heterocycles. The Balaban J connectivity index is 1.84. The number of anilines is 1. The Hall–Kier alpha value is -2.80. The molecule has 0 aliphatic carbocycles. The van der Waals surface area contributed by atoms with Crippen molar-refractivity contribution in [3.05, 3.63) is 65.2 Å². The van der Waals surface area contributed by atoms with E-state index in [1.165, 1.54) is 5.56 Å². The smallest absolute Gasteiger partial charge is 0.239 e. The molecule has 1 amide bonds. The fourth-order valence-electron chi connectivity index (χ4n) is 2.00. The monoisotopic (exact) mass is 279 g/mol. The van der Waals surface area contributed by atoms with E-state index in [9.17, 15) is 4.79 Å². The molecular formula is C17H17N3O. The Morgan fingerprint density at radius 1 is 1.19 bits per heavy atom. The van der Waals surface area contributed by atoms with Crippen molar-refractivity contribution in [2.45, 2.75) is 13.5 Å². The molecule has 0 radical (unpaired) electrons. The molecular weight excluding hydrogens is 262 g/mol. The summed E-state index contributed by atoms with van der Waals surface area (Å²) in [5, 5.41) is 14.8. The molecule has 4 heteroatoms. The quantitative estimate of drug-likeness (QED) is 0.884. The summed E-state index contributed by atoms with van der Waals surface area (Å²) in [6.45, 7) is 2.66. The van der Waals surface area contributed by atoms with Gasteiger partial charge in [0.1, 0.15) is 6.07 Å². The number of hydrogen-bond donors (Lipinski definition) is 2. The molecule has 4 nitrogen and oxygen atoms in total. The number of carbonyl (C=O) groups excluding carboxylic acids is 1. The van der Waals surface area contributed by atoms with Gasteiger partial charge in [0.05, 0.1) is 17.8 Å². The second kappa shape index (κ2) is 7.11. The van der Waals surface area contributed by atoms with E-state index < -0.39 is 0 Å². The zero-order valence-electron chi connectivity index (χ0n) is 11.9. The van der Waals surface area contributed by atoms with Gasteiger partial charge in [-0.3, -0.25) is 4.79 Å². The van der Waals surface area contributed by atoms with Gasteiger partial charge < -0.3 is 10.6 Å². The Morgan fingerprint density at radius 2 is 2.00 bits per heavy atom. The zero-order valence-corrected chi connectivity index (χ0v) is 11.9. The van der Waals surface area contributed by atoms with E-state index >= 15 is 0 Å². The lowest BCUT2D eigenvalue weighted by Crippen LogP contribution is -2.29. The van der Waals surface area contributed by atoms with E-state index in [0.29, 0.717) is 17.8 Å². The van der Waals surface area contributed by atoms with Crippen LogP contribution in [0.2, 0.25) is 0 Å². The van der Waals surface area contributed by atoms with Crippen LogP contribution in [-0.4, -0.2) is 12.5 Å². The molecule has 0 aliphatic rings. The molecule has 0 aliphatic heterocycles. The topological polar surface area (TPSA) is 64.9 Å². The average Bonchev–Trinajstić information content (AvgIpc) is 2.51. The zero-order chi connectivity index (χ0) is 15.1. The lowest BCUT2D eigenvalue weighted by molar-refractivity contribution is -0.119. The fourth-order valence-corrected chi connectivity index (χ4v) is 2.00. The number of carbonyl (C=O) groups is 1. The first-order valence-electron chi connectivity index (χ1n) is 6.74. The lowest BCUT2D eigenvalue weighted by Gasteiger charge is -2.09. The molecule has 0 spiro atoms. The molecule has 21 heavy (non-hydrogen) atoms. The normalized spacial score (nSPS) is 9.71. The highest BCUT2D eigenvalue weighted by atomic mass is 16.1. The summed E-state index contributed by atoms with van der Waals surface area (Å²) in [5.41, 5.74) is 3.44. The number of nitrogens with zero attached hydrogens (tertiary/aromatic N) is 1. The van der Waals surface area contributed by atoms with Crippen molar-refractivity contribution < 1.29 is 4.79 Å². The number of hydrogen-bond acceptors (Lipinski definition) is 3. The SMILES string of the molecule is Cc1cccc(CNC(=O)CNc2ccccc2C#N)c1. The van der Waals surface area contributed by atoms with E-state index in [1.807, 2.05) is 37.3 Å². The summed E-state index contributed by atoms with van der Waals surface area (Å²) < 4.78 is 0. The summed E-state index contributed by atoms with van der Waals surface area (Å²) in [4.78, 5) is 11.8. The van der Waals surface area contributed by atoms with Crippen molar-refractivity contribution in [3.63, 3.8) is 0 Å². The first-order chi connectivity index (χ1) is 10.2. The van der Waals surface area contributed by atoms with Crippen molar-refractivity contribution in [1.82, 2.24) is 5.32 Å².